The molecular formula is C21H32N2O3. The molecule has 5 heteroatoms. The van der Waals surface area contributed by atoms with Crippen molar-refractivity contribution in [3.63, 3.8) is 0 Å². The minimum atomic E-state index is 0.0481. The lowest BCUT2D eigenvalue weighted by Gasteiger charge is -2.37. The summed E-state index contributed by atoms with van der Waals surface area (Å²) in [5.74, 6) is 1.56. The number of hydrogen-bond acceptors (Lipinski definition) is 4. The normalized spacial score (nSPS) is 22.4. The zero-order valence-corrected chi connectivity index (χ0v) is 16.3. The molecule has 1 aliphatic heterocycles. The lowest BCUT2D eigenvalue weighted by molar-refractivity contribution is -0.132. The molecule has 1 saturated heterocycles. The van der Waals surface area contributed by atoms with E-state index in [4.69, 9.17) is 9.47 Å². The van der Waals surface area contributed by atoms with Crippen LogP contribution in [0.5, 0.6) is 5.75 Å². The van der Waals surface area contributed by atoms with E-state index in [1.54, 1.807) is 7.11 Å². The summed E-state index contributed by atoms with van der Waals surface area (Å²) in [7, 11) is 1.68. The van der Waals surface area contributed by atoms with Gasteiger partial charge >= 0.3 is 0 Å². The van der Waals surface area contributed by atoms with Crippen LogP contribution in [-0.2, 0) is 16.1 Å². The van der Waals surface area contributed by atoms with Crippen LogP contribution in [0.15, 0.2) is 24.3 Å². The highest BCUT2D eigenvalue weighted by atomic mass is 16.5. The van der Waals surface area contributed by atoms with Crippen molar-refractivity contribution in [1.29, 1.82) is 0 Å². The largest absolute Gasteiger partial charge is 0.497 e. The number of nitrogens with zero attached hydrogens (tertiary/aromatic N) is 2. The molecule has 1 aliphatic carbocycles. The fourth-order valence-electron chi connectivity index (χ4n) is 3.73. The number of benzene rings is 1. The molecular weight excluding hydrogens is 328 g/mol. The van der Waals surface area contributed by atoms with Crippen molar-refractivity contribution in [2.24, 2.45) is 5.92 Å². The maximum atomic E-state index is 12.7. The number of amides is 1. The fraction of sp³-hybridized carbons (Fsp3) is 0.667. The number of carbonyl (C=O) groups is 1. The van der Waals surface area contributed by atoms with Crippen LogP contribution in [0.4, 0.5) is 0 Å². The Labute approximate surface area is 157 Å². The van der Waals surface area contributed by atoms with Gasteiger partial charge in [-0.05, 0) is 36.5 Å². The molecule has 0 bridgehead atoms. The van der Waals surface area contributed by atoms with Gasteiger partial charge in [0.25, 0.3) is 0 Å². The van der Waals surface area contributed by atoms with Gasteiger partial charge in [-0.3, -0.25) is 9.69 Å². The average Bonchev–Trinajstić information content (AvgIpc) is 2.70. The Balaban J connectivity index is 1.66. The minimum absolute atomic E-state index is 0.0481. The predicted octanol–water partition coefficient (Wildman–Crippen LogP) is 2.93. The molecule has 26 heavy (non-hydrogen) atoms. The molecule has 1 heterocycles. The van der Waals surface area contributed by atoms with Crippen LogP contribution in [0.3, 0.4) is 0 Å². The molecule has 1 atom stereocenters. The van der Waals surface area contributed by atoms with Crippen LogP contribution in [0.1, 0.15) is 38.7 Å². The van der Waals surface area contributed by atoms with Crippen LogP contribution in [0, 0.1) is 5.92 Å². The van der Waals surface area contributed by atoms with Crippen molar-refractivity contribution in [3.05, 3.63) is 29.8 Å². The highest BCUT2D eigenvalue weighted by Crippen LogP contribution is 2.27. The zero-order valence-electron chi connectivity index (χ0n) is 16.3. The van der Waals surface area contributed by atoms with E-state index in [1.165, 1.54) is 19.3 Å². The SMILES string of the molecule is COc1cccc(COC2CN(CC(C)C)C(=O)CN(C3CCC3)C2)c1. The molecule has 1 aromatic rings. The summed E-state index contributed by atoms with van der Waals surface area (Å²) in [5, 5.41) is 0. The predicted molar refractivity (Wildman–Crippen MR) is 102 cm³/mol. The highest BCUT2D eigenvalue weighted by Gasteiger charge is 2.34. The van der Waals surface area contributed by atoms with Crippen LogP contribution in [-0.4, -0.2) is 61.1 Å². The summed E-state index contributed by atoms with van der Waals surface area (Å²) in [6, 6.07) is 8.55. The summed E-state index contributed by atoms with van der Waals surface area (Å²) < 4.78 is 11.6. The van der Waals surface area contributed by atoms with Gasteiger partial charge in [0.05, 0.1) is 26.4 Å². The molecule has 5 nitrogen and oxygen atoms in total. The topological polar surface area (TPSA) is 42.0 Å². The molecule has 1 unspecified atom stereocenters. The van der Waals surface area contributed by atoms with E-state index in [1.807, 2.05) is 23.1 Å². The van der Waals surface area contributed by atoms with Crippen molar-refractivity contribution >= 4 is 5.91 Å². The summed E-state index contributed by atoms with van der Waals surface area (Å²) in [6.45, 7) is 7.73. The van der Waals surface area contributed by atoms with E-state index in [0.717, 1.165) is 24.4 Å². The second-order valence-electron chi connectivity index (χ2n) is 7.99. The van der Waals surface area contributed by atoms with Gasteiger partial charge in [0.2, 0.25) is 5.91 Å². The van der Waals surface area contributed by atoms with Crippen molar-refractivity contribution in [1.82, 2.24) is 9.80 Å². The molecule has 1 saturated carbocycles. The van der Waals surface area contributed by atoms with Gasteiger partial charge in [0.1, 0.15) is 5.75 Å². The van der Waals surface area contributed by atoms with E-state index in [-0.39, 0.29) is 12.0 Å². The third kappa shape index (κ3) is 4.98. The molecule has 144 valence electrons. The quantitative estimate of drug-likeness (QED) is 0.750. The molecule has 0 radical (unpaired) electrons. The minimum Gasteiger partial charge on any atom is -0.497 e. The summed E-state index contributed by atoms with van der Waals surface area (Å²) in [6.07, 6.45) is 3.74. The maximum Gasteiger partial charge on any atom is 0.236 e. The number of rotatable bonds is 7. The van der Waals surface area contributed by atoms with E-state index in [0.29, 0.717) is 31.7 Å². The average molecular weight is 360 g/mol. The number of carbonyl (C=O) groups excluding carboxylic acids is 1. The molecule has 1 amide bonds. The van der Waals surface area contributed by atoms with Gasteiger partial charge in [0, 0.05) is 25.7 Å². The Kier molecular flexibility index (Phi) is 6.54. The van der Waals surface area contributed by atoms with Crippen molar-refractivity contribution in [3.8, 4) is 5.75 Å². The Hall–Kier alpha value is -1.59. The Bertz CT molecular complexity index is 601. The van der Waals surface area contributed by atoms with Crippen LogP contribution >= 0.6 is 0 Å². The van der Waals surface area contributed by atoms with Crippen molar-refractivity contribution in [2.45, 2.75) is 51.9 Å². The Morgan fingerprint density at radius 3 is 2.69 bits per heavy atom. The Morgan fingerprint density at radius 2 is 2.04 bits per heavy atom. The molecule has 0 spiro atoms. The molecule has 1 aromatic carbocycles. The zero-order chi connectivity index (χ0) is 18.5. The number of hydrogen-bond donors (Lipinski definition) is 0. The molecule has 2 fully saturated rings. The molecule has 2 aliphatic rings. The van der Waals surface area contributed by atoms with Gasteiger partial charge in [-0.1, -0.05) is 32.4 Å². The second-order valence-corrected chi connectivity index (χ2v) is 7.99. The van der Waals surface area contributed by atoms with Gasteiger partial charge < -0.3 is 14.4 Å². The second kappa shape index (κ2) is 8.87. The Morgan fingerprint density at radius 1 is 1.23 bits per heavy atom. The van der Waals surface area contributed by atoms with E-state index in [9.17, 15) is 4.79 Å². The summed E-state index contributed by atoms with van der Waals surface area (Å²) in [5.41, 5.74) is 1.10. The van der Waals surface area contributed by atoms with E-state index < -0.39 is 0 Å². The molecule has 0 N–H and O–H groups in total. The smallest absolute Gasteiger partial charge is 0.236 e. The van der Waals surface area contributed by atoms with Gasteiger partial charge in [-0.25, -0.2) is 0 Å². The monoisotopic (exact) mass is 360 g/mol. The van der Waals surface area contributed by atoms with Gasteiger partial charge in [0.15, 0.2) is 0 Å². The summed E-state index contributed by atoms with van der Waals surface area (Å²) >= 11 is 0. The van der Waals surface area contributed by atoms with E-state index in [2.05, 4.69) is 24.8 Å². The first-order valence-electron chi connectivity index (χ1n) is 9.81. The van der Waals surface area contributed by atoms with Crippen LogP contribution < -0.4 is 4.74 Å². The summed E-state index contributed by atoms with van der Waals surface area (Å²) in [4.78, 5) is 17.1. The fourth-order valence-corrected chi connectivity index (χ4v) is 3.73. The first-order valence-corrected chi connectivity index (χ1v) is 9.81. The standard InChI is InChI=1S/C21H32N2O3/c1-16(2)11-23-13-20(12-22(14-21(23)24)18-7-5-8-18)26-15-17-6-4-9-19(10-17)25-3/h4,6,9-10,16,18,20H,5,7-8,11-15H2,1-3H3. The number of methoxy groups -OCH3 is 1. The maximum absolute atomic E-state index is 12.7. The van der Waals surface area contributed by atoms with Crippen molar-refractivity contribution < 1.29 is 14.3 Å². The molecule has 0 aromatic heterocycles. The van der Waals surface area contributed by atoms with Crippen LogP contribution in [0.25, 0.3) is 0 Å². The van der Waals surface area contributed by atoms with Crippen LogP contribution in [0.2, 0.25) is 0 Å². The lowest BCUT2D eigenvalue weighted by Crippen LogP contribution is -2.45. The lowest BCUT2D eigenvalue weighted by atomic mass is 9.91. The first kappa shape index (κ1) is 19.2. The third-order valence-corrected chi connectivity index (χ3v) is 5.35. The first-order chi connectivity index (χ1) is 12.5. The number of ether oxygens (including phenoxy) is 2. The highest BCUT2D eigenvalue weighted by molar-refractivity contribution is 5.78. The van der Waals surface area contributed by atoms with Crippen molar-refractivity contribution in [2.75, 3.05) is 33.3 Å². The van der Waals surface area contributed by atoms with E-state index >= 15 is 0 Å². The van der Waals surface area contributed by atoms with Gasteiger partial charge in [-0.15, -0.1) is 0 Å². The third-order valence-electron chi connectivity index (χ3n) is 5.35. The molecule has 3 rings (SSSR count). The van der Waals surface area contributed by atoms with Gasteiger partial charge in [-0.2, -0.15) is 0 Å².